The van der Waals surface area contributed by atoms with Crippen molar-refractivity contribution in [2.75, 3.05) is 13.2 Å². The van der Waals surface area contributed by atoms with Crippen LogP contribution in [0.3, 0.4) is 0 Å². The van der Waals surface area contributed by atoms with Crippen molar-refractivity contribution >= 4 is 15.9 Å². The Bertz CT molecular complexity index is 332. The molecule has 0 aromatic heterocycles. The normalized spacial score (nSPS) is 20.5. The lowest BCUT2D eigenvalue weighted by Gasteiger charge is -2.12. The molecule has 1 atom stereocenters. The molecule has 82 valence electrons. The van der Waals surface area contributed by atoms with Crippen LogP contribution in [0.25, 0.3) is 0 Å². The molecule has 0 bridgehead atoms. The largest absolute Gasteiger partial charge is 0.490 e. The van der Waals surface area contributed by atoms with Crippen LogP contribution < -0.4 is 4.74 Å². The molecule has 1 aromatic rings. The topological polar surface area (TPSA) is 18.5 Å². The SMILES string of the molecule is Cc1ccc(OCC2CCCO2)c(Br)c1. The number of rotatable bonds is 3. The highest BCUT2D eigenvalue weighted by Crippen LogP contribution is 2.26. The minimum Gasteiger partial charge on any atom is -0.490 e. The Morgan fingerprint density at radius 2 is 2.40 bits per heavy atom. The molecule has 0 spiro atoms. The van der Waals surface area contributed by atoms with Crippen molar-refractivity contribution in [3.05, 3.63) is 28.2 Å². The molecule has 0 aliphatic carbocycles. The second kappa shape index (κ2) is 4.99. The molecule has 1 aliphatic heterocycles. The van der Waals surface area contributed by atoms with Crippen molar-refractivity contribution in [1.29, 1.82) is 0 Å². The minimum atomic E-state index is 0.276. The van der Waals surface area contributed by atoms with Crippen LogP contribution in [0.4, 0.5) is 0 Å². The van der Waals surface area contributed by atoms with E-state index in [0.717, 1.165) is 29.7 Å². The average Bonchev–Trinajstić information content (AvgIpc) is 2.69. The van der Waals surface area contributed by atoms with Crippen molar-refractivity contribution in [2.45, 2.75) is 25.9 Å². The Morgan fingerprint density at radius 1 is 1.53 bits per heavy atom. The third kappa shape index (κ3) is 2.95. The summed E-state index contributed by atoms with van der Waals surface area (Å²) >= 11 is 3.49. The van der Waals surface area contributed by atoms with Gasteiger partial charge < -0.3 is 9.47 Å². The summed E-state index contributed by atoms with van der Waals surface area (Å²) in [7, 11) is 0. The van der Waals surface area contributed by atoms with E-state index < -0.39 is 0 Å². The number of aryl methyl sites for hydroxylation is 1. The van der Waals surface area contributed by atoms with Gasteiger partial charge in [-0.2, -0.15) is 0 Å². The molecular weight excluding hydrogens is 256 g/mol. The molecule has 1 saturated heterocycles. The quantitative estimate of drug-likeness (QED) is 0.839. The molecule has 3 heteroatoms. The summed E-state index contributed by atoms with van der Waals surface area (Å²) in [6.07, 6.45) is 2.55. The summed E-state index contributed by atoms with van der Waals surface area (Å²) in [6, 6.07) is 6.11. The fraction of sp³-hybridized carbons (Fsp3) is 0.500. The zero-order chi connectivity index (χ0) is 10.7. The molecule has 0 saturated carbocycles. The van der Waals surface area contributed by atoms with Crippen molar-refractivity contribution in [2.24, 2.45) is 0 Å². The van der Waals surface area contributed by atoms with E-state index in [1.807, 2.05) is 6.07 Å². The van der Waals surface area contributed by atoms with E-state index in [0.29, 0.717) is 6.61 Å². The summed E-state index contributed by atoms with van der Waals surface area (Å²) in [5.41, 5.74) is 1.23. The van der Waals surface area contributed by atoms with Crippen molar-refractivity contribution in [3.63, 3.8) is 0 Å². The lowest BCUT2D eigenvalue weighted by molar-refractivity contribution is 0.0677. The third-order valence-electron chi connectivity index (χ3n) is 2.54. The first kappa shape index (κ1) is 11.0. The molecule has 0 amide bonds. The third-order valence-corrected chi connectivity index (χ3v) is 3.16. The molecule has 1 heterocycles. The molecule has 2 nitrogen and oxygen atoms in total. The molecule has 15 heavy (non-hydrogen) atoms. The maximum atomic E-state index is 5.70. The van der Waals surface area contributed by atoms with Gasteiger partial charge in [-0.1, -0.05) is 6.07 Å². The van der Waals surface area contributed by atoms with Crippen LogP contribution in [0.15, 0.2) is 22.7 Å². The predicted molar refractivity (Wildman–Crippen MR) is 63.3 cm³/mol. The Balaban J connectivity index is 1.92. The van der Waals surface area contributed by atoms with Crippen LogP contribution in [-0.2, 0) is 4.74 Å². The van der Waals surface area contributed by atoms with E-state index in [9.17, 15) is 0 Å². The second-order valence-corrected chi connectivity index (χ2v) is 4.73. The van der Waals surface area contributed by atoms with Gasteiger partial charge in [0.05, 0.1) is 10.6 Å². The Hall–Kier alpha value is -0.540. The lowest BCUT2D eigenvalue weighted by Crippen LogP contribution is -2.16. The minimum absolute atomic E-state index is 0.276. The van der Waals surface area contributed by atoms with E-state index in [1.54, 1.807) is 0 Å². The molecule has 1 fully saturated rings. The van der Waals surface area contributed by atoms with Crippen LogP contribution in [0.2, 0.25) is 0 Å². The van der Waals surface area contributed by atoms with E-state index >= 15 is 0 Å². The highest BCUT2D eigenvalue weighted by Gasteiger charge is 2.16. The molecule has 1 aliphatic rings. The number of benzene rings is 1. The summed E-state index contributed by atoms with van der Waals surface area (Å²) in [6.45, 7) is 3.60. The van der Waals surface area contributed by atoms with Gasteiger partial charge in [0, 0.05) is 6.61 Å². The number of halogens is 1. The molecule has 1 unspecified atom stereocenters. The first-order chi connectivity index (χ1) is 7.25. The number of hydrogen-bond acceptors (Lipinski definition) is 2. The van der Waals surface area contributed by atoms with Gasteiger partial charge in [0.25, 0.3) is 0 Å². The van der Waals surface area contributed by atoms with Gasteiger partial charge in [0.1, 0.15) is 12.4 Å². The number of ether oxygens (including phenoxy) is 2. The van der Waals surface area contributed by atoms with Gasteiger partial charge in [0.2, 0.25) is 0 Å². The Kier molecular flexibility index (Phi) is 3.65. The number of hydrogen-bond donors (Lipinski definition) is 0. The monoisotopic (exact) mass is 270 g/mol. The highest BCUT2D eigenvalue weighted by molar-refractivity contribution is 9.10. The maximum absolute atomic E-state index is 5.70. The van der Waals surface area contributed by atoms with Crippen molar-refractivity contribution < 1.29 is 9.47 Å². The Morgan fingerprint density at radius 3 is 3.07 bits per heavy atom. The van der Waals surface area contributed by atoms with E-state index in [-0.39, 0.29) is 6.10 Å². The summed E-state index contributed by atoms with van der Waals surface area (Å²) < 4.78 is 12.2. The zero-order valence-electron chi connectivity index (χ0n) is 8.83. The molecule has 0 N–H and O–H groups in total. The molecule has 2 rings (SSSR count). The van der Waals surface area contributed by atoms with Crippen molar-refractivity contribution in [3.8, 4) is 5.75 Å². The van der Waals surface area contributed by atoms with Crippen LogP contribution in [0.5, 0.6) is 5.75 Å². The molecular formula is C12H15BrO2. The van der Waals surface area contributed by atoms with Gasteiger partial charge in [-0.3, -0.25) is 0 Å². The summed E-state index contributed by atoms with van der Waals surface area (Å²) in [5.74, 6) is 0.899. The predicted octanol–water partition coefficient (Wildman–Crippen LogP) is 3.32. The van der Waals surface area contributed by atoms with Crippen molar-refractivity contribution in [1.82, 2.24) is 0 Å². The standard InChI is InChI=1S/C12H15BrO2/c1-9-4-5-12(11(13)7-9)15-8-10-3-2-6-14-10/h4-5,7,10H,2-3,6,8H2,1H3. The van der Waals surface area contributed by atoms with Gasteiger partial charge in [-0.25, -0.2) is 0 Å². The zero-order valence-corrected chi connectivity index (χ0v) is 10.4. The van der Waals surface area contributed by atoms with Crippen LogP contribution in [-0.4, -0.2) is 19.3 Å². The first-order valence-electron chi connectivity index (χ1n) is 5.26. The van der Waals surface area contributed by atoms with Crippen LogP contribution in [0, 0.1) is 6.92 Å². The van der Waals surface area contributed by atoms with Gasteiger partial charge in [0.15, 0.2) is 0 Å². The second-order valence-electron chi connectivity index (χ2n) is 3.88. The van der Waals surface area contributed by atoms with Gasteiger partial charge >= 0.3 is 0 Å². The smallest absolute Gasteiger partial charge is 0.133 e. The fourth-order valence-electron chi connectivity index (χ4n) is 1.68. The fourth-order valence-corrected chi connectivity index (χ4v) is 2.29. The van der Waals surface area contributed by atoms with E-state index in [1.165, 1.54) is 5.56 Å². The first-order valence-corrected chi connectivity index (χ1v) is 6.05. The average molecular weight is 271 g/mol. The van der Waals surface area contributed by atoms with E-state index in [4.69, 9.17) is 9.47 Å². The molecule has 0 radical (unpaired) electrons. The van der Waals surface area contributed by atoms with E-state index in [2.05, 4.69) is 35.0 Å². The summed E-state index contributed by atoms with van der Waals surface area (Å²) in [5, 5.41) is 0. The summed E-state index contributed by atoms with van der Waals surface area (Å²) in [4.78, 5) is 0. The van der Waals surface area contributed by atoms with Crippen LogP contribution in [0.1, 0.15) is 18.4 Å². The van der Waals surface area contributed by atoms with Gasteiger partial charge in [-0.15, -0.1) is 0 Å². The maximum Gasteiger partial charge on any atom is 0.133 e. The lowest BCUT2D eigenvalue weighted by atomic mass is 10.2. The van der Waals surface area contributed by atoms with Crippen LogP contribution >= 0.6 is 15.9 Å². The highest BCUT2D eigenvalue weighted by atomic mass is 79.9. The van der Waals surface area contributed by atoms with Gasteiger partial charge in [-0.05, 0) is 53.4 Å². The molecule has 1 aromatic carbocycles. The Labute approximate surface area is 98.7 Å².